The van der Waals surface area contributed by atoms with E-state index in [1.54, 1.807) is 10.9 Å². The number of carboxylic acid groups (broad SMARTS) is 1. The summed E-state index contributed by atoms with van der Waals surface area (Å²) in [5.41, 5.74) is 1.41. The second-order valence-corrected chi connectivity index (χ2v) is 5.49. The van der Waals surface area contributed by atoms with Crippen LogP contribution < -0.4 is 5.32 Å². The second kappa shape index (κ2) is 7.18. The predicted molar refractivity (Wildman–Crippen MR) is 74.6 cm³/mol. The van der Waals surface area contributed by atoms with E-state index in [1.807, 2.05) is 20.8 Å². The van der Waals surface area contributed by atoms with Crippen LogP contribution in [-0.4, -0.2) is 44.8 Å². The molecule has 0 aliphatic rings. The highest BCUT2D eigenvalue weighted by molar-refractivity contribution is 7.99. The second-order valence-electron chi connectivity index (χ2n) is 4.38. The standard InChI is InChI=1S/C12H19N3O3S/c1-8(2)15-9(3)10(6-14-15)12(18)13-4-5-19-7-11(16)17/h6,8H,4-5,7H2,1-3H3,(H,13,18)(H,16,17). The fraction of sp³-hybridized carbons (Fsp3) is 0.583. The van der Waals surface area contributed by atoms with E-state index in [1.165, 1.54) is 11.8 Å². The molecule has 0 aromatic carbocycles. The molecule has 0 radical (unpaired) electrons. The maximum atomic E-state index is 11.9. The lowest BCUT2D eigenvalue weighted by molar-refractivity contribution is -0.133. The highest BCUT2D eigenvalue weighted by Gasteiger charge is 2.14. The van der Waals surface area contributed by atoms with Gasteiger partial charge in [0.2, 0.25) is 0 Å². The fourth-order valence-electron chi connectivity index (χ4n) is 1.66. The van der Waals surface area contributed by atoms with Gasteiger partial charge >= 0.3 is 5.97 Å². The average Bonchev–Trinajstić information content (AvgIpc) is 2.70. The van der Waals surface area contributed by atoms with Crippen LogP contribution in [0.3, 0.4) is 0 Å². The lowest BCUT2D eigenvalue weighted by atomic mass is 10.2. The van der Waals surface area contributed by atoms with E-state index in [0.717, 1.165) is 5.69 Å². The topological polar surface area (TPSA) is 84.2 Å². The van der Waals surface area contributed by atoms with E-state index in [2.05, 4.69) is 10.4 Å². The largest absolute Gasteiger partial charge is 0.481 e. The van der Waals surface area contributed by atoms with Crippen LogP contribution in [0.25, 0.3) is 0 Å². The highest BCUT2D eigenvalue weighted by atomic mass is 32.2. The van der Waals surface area contributed by atoms with E-state index < -0.39 is 5.97 Å². The van der Waals surface area contributed by atoms with Crippen molar-refractivity contribution in [2.45, 2.75) is 26.8 Å². The third kappa shape index (κ3) is 4.59. The molecule has 0 saturated carbocycles. The number of nitrogens with zero attached hydrogens (tertiary/aromatic N) is 2. The Morgan fingerprint density at radius 2 is 2.21 bits per heavy atom. The number of hydrogen-bond donors (Lipinski definition) is 2. The SMILES string of the molecule is Cc1c(C(=O)NCCSCC(=O)O)cnn1C(C)C. The summed E-state index contributed by atoms with van der Waals surface area (Å²) in [6, 6.07) is 0.215. The fourth-order valence-corrected chi connectivity index (χ4v) is 2.22. The summed E-state index contributed by atoms with van der Waals surface area (Å²) in [7, 11) is 0. The number of carbonyl (C=O) groups is 2. The van der Waals surface area contributed by atoms with Crippen LogP contribution in [-0.2, 0) is 4.79 Å². The molecule has 0 aliphatic heterocycles. The Balaban J connectivity index is 2.44. The summed E-state index contributed by atoms with van der Waals surface area (Å²) < 4.78 is 1.80. The molecule has 19 heavy (non-hydrogen) atoms. The monoisotopic (exact) mass is 285 g/mol. The first-order chi connectivity index (χ1) is 8.93. The molecule has 0 fully saturated rings. The van der Waals surface area contributed by atoms with Crippen molar-refractivity contribution in [3.63, 3.8) is 0 Å². The molecule has 0 saturated heterocycles. The molecule has 106 valence electrons. The van der Waals surface area contributed by atoms with Crippen LogP contribution in [0.2, 0.25) is 0 Å². The Hall–Kier alpha value is -1.50. The maximum absolute atomic E-state index is 11.9. The minimum Gasteiger partial charge on any atom is -0.481 e. The maximum Gasteiger partial charge on any atom is 0.313 e. The zero-order valence-corrected chi connectivity index (χ0v) is 12.2. The Labute approximate surface area is 116 Å². The van der Waals surface area contributed by atoms with Crippen molar-refractivity contribution in [2.24, 2.45) is 0 Å². The molecular weight excluding hydrogens is 266 g/mol. The zero-order chi connectivity index (χ0) is 14.4. The summed E-state index contributed by atoms with van der Waals surface area (Å²) in [4.78, 5) is 22.2. The van der Waals surface area contributed by atoms with Crippen molar-refractivity contribution in [2.75, 3.05) is 18.1 Å². The van der Waals surface area contributed by atoms with Crippen molar-refractivity contribution in [1.82, 2.24) is 15.1 Å². The van der Waals surface area contributed by atoms with Crippen LogP contribution in [0.4, 0.5) is 0 Å². The van der Waals surface area contributed by atoms with E-state index in [4.69, 9.17) is 5.11 Å². The van der Waals surface area contributed by atoms with Gasteiger partial charge in [-0.15, -0.1) is 11.8 Å². The van der Waals surface area contributed by atoms with Crippen molar-refractivity contribution in [3.05, 3.63) is 17.5 Å². The van der Waals surface area contributed by atoms with Gasteiger partial charge in [0.05, 0.1) is 17.5 Å². The van der Waals surface area contributed by atoms with Crippen molar-refractivity contribution >= 4 is 23.6 Å². The summed E-state index contributed by atoms with van der Waals surface area (Å²) in [5.74, 6) is -0.374. The molecule has 0 aliphatic carbocycles. The zero-order valence-electron chi connectivity index (χ0n) is 11.3. The van der Waals surface area contributed by atoms with Crippen molar-refractivity contribution < 1.29 is 14.7 Å². The molecule has 7 heteroatoms. The number of rotatable bonds is 7. The van der Waals surface area contributed by atoms with Crippen LogP contribution in [0.5, 0.6) is 0 Å². The number of amides is 1. The van der Waals surface area contributed by atoms with Crippen LogP contribution in [0.15, 0.2) is 6.20 Å². The smallest absolute Gasteiger partial charge is 0.313 e. The van der Waals surface area contributed by atoms with Gasteiger partial charge in [-0.25, -0.2) is 0 Å². The molecule has 0 spiro atoms. The minimum atomic E-state index is -0.842. The first-order valence-corrected chi connectivity index (χ1v) is 7.20. The molecule has 0 unspecified atom stereocenters. The summed E-state index contributed by atoms with van der Waals surface area (Å²) in [5, 5.41) is 15.4. The summed E-state index contributed by atoms with van der Waals surface area (Å²) >= 11 is 1.28. The van der Waals surface area contributed by atoms with Gasteiger partial charge in [0.25, 0.3) is 5.91 Å². The minimum absolute atomic E-state index is 0.0557. The normalized spacial score (nSPS) is 10.7. The quantitative estimate of drug-likeness (QED) is 0.738. The molecule has 0 atom stereocenters. The average molecular weight is 285 g/mol. The molecule has 1 rings (SSSR count). The molecule has 1 heterocycles. The van der Waals surface area contributed by atoms with Crippen LogP contribution in [0, 0.1) is 6.92 Å². The molecular formula is C12H19N3O3S. The number of hydrogen-bond acceptors (Lipinski definition) is 4. The van der Waals surface area contributed by atoms with Gasteiger partial charge in [0.1, 0.15) is 0 Å². The Morgan fingerprint density at radius 3 is 2.74 bits per heavy atom. The molecule has 1 aromatic rings. The van der Waals surface area contributed by atoms with Crippen molar-refractivity contribution in [3.8, 4) is 0 Å². The third-order valence-corrected chi connectivity index (χ3v) is 3.48. The Kier molecular flexibility index (Phi) is 5.88. The first-order valence-electron chi connectivity index (χ1n) is 6.05. The summed E-state index contributed by atoms with van der Waals surface area (Å²) in [6.45, 7) is 6.32. The number of carbonyl (C=O) groups excluding carboxylic acids is 1. The van der Waals surface area contributed by atoms with E-state index in [9.17, 15) is 9.59 Å². The Bertz CT molecular complexity index is 457. The molecule has 1 amide bonds. The van der Waals surface area contributed by atoms with Gasteiger partial charge in [-0.05, 0) is 20.8 Å². The van der Waals surface area contributed by atoms with E-state index in [-0.39, 0.29) is 17.7 Å². The molecule has 2 N–H and O–H groups in total. The molecule has 1 aromatic heterocycles. The highest BCUT2D eigenvalue weighted by Crippen LogP contribution is 2.12. The van der Waals surface area contributed by atoms with Gasteiger partial charge in [0.15, 0.2) is 0 Å². The Morgan fingerprint density at radius 1 is 1.53 bits per heavy atom. The number of carboxylic acids is 1. The van der Waals surface area contributed by atoms with Crippen LogP contribution in [0.1, 0.15) is 35.9 Å². The number of thioether (sulfide) groups is 1. The number of aromatic nitrogens is 2. The molecule has 6 nitrogen and oxygen atoms in total. The molecule has 0 bridgehead atoms. The van der Waals surface area contributed by atoms with Gasteiger partial charge < -0.3 is 10.4 Å². The van der Waals surface area contributed by atoms with E-state index in [0.29, 0.717) is 17.9 Å². The van der Waals surface area contributed by atoms with E-state index >= 15 is 0 Å². The lowest BCUT2D eigenvalue weighted by Crippen LogP contribution is -2.26. The third-order valence-electron chi connectivity index (χ3n) is 2.54. The van der Waals surface area contributed by atoms with Gasteiger partial charge in [-0.3, -0.25) is 14.3 Å². The van der Waals surface area contributed by atoms with Gasteiger partial charge in [-0.1, -0.05) is 0 Å². The lowest BCUT2D eigenvalue weighted by Gasteiger charge is -2.09. The summed E-state index contributed by atoms with van der Waals surface area (Å²) in [6.07, 6.45) is 1.56. The number of aliphatic carboxylic acids is 1. The van der Waals surface area contributed by atoms with Gasteiger partial charge in [0, 0.05) is 24.0 Å². The van der Waals surface area contributed by atoms with Gasteiger partial charge in [-0.2, -0.15) is 5.10 Å². The predicted octanol–water partition coefficient (Wildman–Crippen LogP) is 1.32. The number of nitrogens with one attached hydrogen (secondary N) is 1. The van der Waals surface area contributed by atoms with Crippen LogP contribution >= 0.6 is 11.8 Å². The first kappa shape index (κ1) is 15.6. The van der Waals surface area contributed by atoms with Crippen molar-refractivity contribution in [1.29, 1.82) is 0 Å².